The number of hydrogen-bond acceptors (Lipinski definition) is 6. The van der Waals surface area contributed by atoms with E-state index >= 15 is 0 Å². The third kappa shape index (κ3) is 5.91. The highest BCUT2D eigenvalue weighted by atomic mass is 32.1. The molecule has 0 saturated heterocycles. The zero-order valence-electron chi connectivity index (χ0n) is 21.9. The molecule has 1 aliphatic heterocycles. The molecule has 0 spiro atoms. The molecule has 36 heavy (non-hydrogen) atoms. The van der Waals surface area contributed by atoms with Gasteiger partial charge in [-0.1, -0.05) is 31.4 Å². The molecule has 1 aromatic carbocycles. The second-order valence-electron chi connectivity index (χ2n) is 10.8. The van der Waals surface area contributed by atoms with Crippen LogP contribution in [-0.4, -0.2) is 48.6 Å². The fraction of sp³-hybridized carbons (Fsp3) is 0.536. The van der Waals surface area contributed by atoms with Gasteiger partial charge < -0.3 is 19.9 Å². The van der Waals surface area contributed by atoms with Crippen molar-refractivity contribution < 1.29 is 19.1 Å². The number of hydrogen-bond donors (Lipinski definition) is 1. The van der Waals surface area contributed by atoms with Gasteiger partial charge in [0.2, 0.25) is 0 Å². The lowest BCUT2D eigenvalue weighted by molar-refractivity contribution is -0.120. The monoisotopic (exact) mass is 511 g/mol. The number of benzene rings is 1. The van der Waals surface area contributed by atoms with Crippen LogP contribution < -0.4 is 15.1 Å². The highest BCUT2D eigenvalue weighted by Crippen LogP contribution is 2.37. The maximum Gasteiger partial charge on any atom is 0.408 e. The van der Waals surface area contributed by atoms with Crippen LogP contribution in [0.5, 0.6) is 0 Å². The number of amides is 2. The molecule has 4 rings (SSSR count). The van der Waals surface area contributed by atoms with E-state index in [1.54, 1.807) is 37.0 Å². The maximum absolute atomic E-state index is 14.0. The number of ether oxygens (including phenoxy) is 1. The maximum atomic E-state index is 14.0. The standard InChI is InChI=1S/C28H37N3O4S/c1-18-15-21(19(2)36-18)25(32)17-31-24-14-10-9-13-23(24)30(20-11-7-6-8-12-20)16-22(26(31)33)29-27(34)35-28(3,4)5/h9-10,13-15,20,22H,6-8,11-12,16-17H2,1-5H3,(H,29,34). The predicted octanol–water partition coefficient (Wildman–Crippen LogP) is 5.63. The normalized spacial score (nSPS) is 19.0. The number of para-hydroxylation sites is 2. The first-order valence-corrected chi connectivity index (χ1v) is 13.6. The van der Waals surface area contributed by atoms with E-state index in [2.05, 4.69) is 10.2 Å². The lowest BCUT2D eigenvalue weighted by atomic mass is 9.93. The second kappa shape index (κ2) is 10.6. The summed E-state index contributed by atoms with van der Waals surface area (Å²) in [6.45, 7) is 9.54. The Kier molecular flexibility index (Phi) is 7.73. The summed E-state index contributed by atoms with van der Waals surface area (Å²) in [6, 6.07) is 9.10. The van der Waals surface area contributed by atoms with E-state index < -0.39 is 17.7 Å². The average molecular weight is 512 g/mol. The Labute approximate surface area is 217 Å². The van der Waals surface area contributed by atoms with Crippen LogP contribution in [-0.2, 0) is 9.53 Å². The second-order valence-corrected chi connectivity index (χ2v) is 12.3. The van der Waals surface area contributed by atoms with Gasteiger partial charge in [-0.05, 0) is 65.7 Å². The number of alkyl carbamates (subject to hydrolysis) is 1. The van der Waals surface area contributed by atoms with Gasteiger partial charge in [-0.2, -0.15) is 0 Å². The van der Waals surface area contributed by atoms with Gasteiger partial charge in [0.15, 0.2) is 5.78 Å². The van der Waals surface area contributed by atoms with Gasteiger partial charge in [-0.3, -0.25) is 9.59 Å². The highest BCUT2D eigenvalue weighted by molar-refractivity contribution is 7.12. The van der Waals surface area contributed by atoms with Crippen molar-refractivity contribution in [1.82, 2.24) is 5.32 Å². The first-order valence-electron chi connectivity index (χ1n) is 12.8. The van der Waals surface area contributed by atoms with Crippen molar-refractivity contribution >= 4 is 40.5 Å². The average Bonchev–Trinajstić information content (AvgIpc) is 3.11. The molecule has 2 heterocycles. The fourth-order valence-corrected chi connectivity index (χ4v) is 6.15. The van der Waals surface area contributed by atoms with Crippen molar-refractivity contribution in [2.24, 2.45) is 0 Å². The number of fused-ring (bicyclic) bond motifs is 1. The molecule has 1 aliphatic carbocycles. The molecule has 1 unspecified atom stereocenters. The number of anilines is 2. The van der Waals surface area contributed by atoms with E-state index in [4.69, 9.17) is 4.74 Å². The molecule has 2 amide bonds. The third-order valence-corrected chi connectivity index (χ3v) is 7.74. The minimum Gasteiger partial charge on any atom is -0.444 e. The Morgan fingerprint density at radius 1 is 1.08 bits per heavy atom. The van der Waals surface area contributed by atoms with Crippen LogP contribution >= 0.6 is 11.3 Å². The number of thiophene rings is 1. The number of rotatable bonds is 5. The van der Waals surface area contributed by atoms with E-state index in [9.17, 15) is 14.4 Å². The lowest BCUT2D eigenvalue weighted by Gasteiger charge is -2.37. The Bertz CT molecular complexity index is 1130. The number of ketones is 1. The van der Waals surface area contributed by atoms with Gasteiger partial charge in [0.25, 0.3) is 5.91 Å². The molecule has 1 aromatic heterocycles. The molecule has 7 nitrogen and oxygen atoms in total. The molecule has 8 heteroatoms. The highest BCUT2D eigenvalue weighted by Gasteiger charge is 2.38. The molecule has 1 fully saturated rings. The smallest absolute Gasteiger partial charge is 0.408 e. The summed E-state index contributed by atoms with van der Waals surface area (Å²) >= 11 is 1.58. The predicted molar refractivity (Wildman–Crippen MR) is 144 cm³/mol. The van der Waals surface area contributed by atoms with E-state index in [1.807, 2.05) is 44.2 Å². The molecule has 1 atom stereocenters. The molecule has 194 valence electrons. The molecule has 1 N–H and O–H groups in total. The van der Waals surface area contributed by atoms with Crippen molar-refractivity contribution in [2.45, 2.75) is 84.4 Å². The Balaban J connectivity index is 1.71. The summed E-state index contributed by atoms with van der Waals surface area (Å²) in [5.41, 5.74) is 1.60. The molecular formula is C28H37N3O4S. The van der Waals surface area contributed by atoms with Crippen LogP contribution in [0.25, 0.3) is 0 Å². The van der Waals surface area contributed by atoms with Crippen molar-refractivity contribution in [3.8, 4) is 0 Å². The van der Waals surface area contributed by atoms with Crippen molar-refractivity contribution in [1.29, 1.82) is 0 Å². The quantitative estimate of drug-likeness (QED) is 0.527. The summed E-state index contributed by atoms with van der Waals surface area (Å²) in [7, 11) is 0. The first-order chi connectivity index (χ1) is 17.0. The number of Topliss-reactive ketones (excluding diaryl/α,β-unsaturated/α-hetero) is 1. The zero-order chi connectivity index (χ0) is 26.0. The van der Waals surface area contributed by atoms with Crippen LogP contribution in [0, 0.1) is 13.8 Å². The Hall–Kier alpha value is -2.87. The molecule has 0 bridgehead atoms. The fourth-order valence-electron chi connectivity index (χ4n) is 5.21. The third-order valence-electron chi connectivity index (χ3n) is 6.77. The summed E-state index contributed by atoms with van der Waals surface area (Å²) in [4.78, 5) is 45.9. The van der Waals surface area contributed by atoms with Crippen LogP contribution in [0.1, 0.15) is 73.0 Å². The van der Waals surface area contributed by atoms with Gasteiger partial charge in [0.05, 0.1) is 17.9 Å². The topological polar surface area (TPSA) is 79.0 Å². The van der Waals surface area contributed by atoms with Crippen LogP contribution in [0.3, 0.4) is 0 Å². The number of carbonyl (C=O) groups excluding carboxylic acids is 3. The molecule has 2 aromatic rings. The van der Waals surface area contributed by atoms with Gasteiger partial charge in [-0.25, -0.2) is 4.79 Å². The largest absolute Gasteiger partial charge is 0.444 e. The van der Waals surface area contributed by atoms with Gasteiger partial charge in [0.1, 0.15) is 11.6 Å². The van der Waals surface area contributed by atoms with Gasteiger partial charge in [-0.15, -0.1) is 11.3 Å². The first kappa shape index (κ1) is 26.2. The zero-order valence-corrected chi connectivity index (χ0v) is 22.7. The Morgan fingerprint density at radius 3 is 2.36 bits per heavy atom. The van der Waals surface area contributed by atoms with Crippen molar-refractivity contribution in [3.63, 3.8) is 0 Å². The summed E-state index contributed by atoms with van der Waals surface area (Å²) in [6.07, 6.45) is 4.93. The molecule has 1 saturated carbocycles. The van der Waals surface area contributed by atoms with Crippen molar-refractivity contribution in [2.75, 3.05) is 22.9 Å². The minimum atomic E-state index is -0.840. The summed E-state index contributed by atoms with van der Waals surface area (Å²) in [5, 5.41) is 2.82. The van der Waals surface area contributed by atoms with Gasteiger partial charge >= 0.3 is 6.09 Å². The lowest BCUT2D eigenvalue weighted by Crippen LogP contribution is -2.55. The van der Waals surface area contributed by atoms with Crippen LogP contribution in [0.15, 0.2) is 30.3 Å². The van der Waals surface area contributed by atoms with Crippen LogP contribution in [0.2, 0.25) is 0 Å². The minimum absolute atomic E-state index is 0.0855. The van der Waals surface area contributed by atoms with E-state index in [0.717, 1.165) is 41.1 Å². The van der Waals surface area contributed by atoms with Crippen LogP contribution in [0.4, 0.5) is 16.2 Å². The van der Waals surface area contributed by atoms with Crippen molar-refractivity contribution in [3.05, 3.63) is 45.6 Å². The number of aryl methyl sites for hydroxylation is 2. The SMILES string of the molecule is Cc1cc(C(=O)CN2C(=O)C(NC(=O)OC(C)(C)C)CN(C3CCCCC3)c3ccccc32)c(C)s1. The number of carbonyl (C=O) groups is 3. The van der Waals surface area contributed by atoms with E-state index in [1.165, 1.54) is 6.42 Å². The number of nitrogens with zero attached hydrogens (tertiary/aromatic N) is 2. The molecular weight excluding hydrogens is 474 g/mol. The van der Waals surface area contributed by atoms with Gasteiger partial charge in [0, 0.05) is 27.9 Å². The Morgan fingerprint density at radius 2 is 1.75 bits per heavy atom. The summed E-state index contributed by atoms with van der Waals surface area (Å²) < 4.78 is 5.49. The molecule has 2 aliphatic rings. The van der Waals surface area contributed by atoms with E-state index in [0.29, 0.717) is 17.8 Å². The summed E-state index contributed by atoms with van der Waals surface area (Å²) in [5.74, 6) is -0.410. The van der Waals surface area contributed by atoms with E-state index in [-0.39, 0.29) is 24.3 Å². The number of nitrogens with one attached hydrogen (secondary N) is 1. The molecule has 0 radical (unpaired) electrons.